The highest BCUT2D eigenvalue weighted by molar-refractivity contribution is 6.32. The summed E-state index contributed by atoms with van der Waals surface area (Å²) in [5, 5.41) is 10.1. The van der Waals surface area contributed by atoms with E-state index in [1.807, 2.05) is 6.07 Å². The van der Waals surface area contributed by atoms with Gasteiger partial charge in [-0.3, -0.25) is 24.2 Å². The summed E-state index contributed by atoms with van der Waals surface area (Å²) in [5.41, 5.74) is -0.731. The smallest absolute Gasteiger partial charge is 0.328 e. The molecule has 2 heterocycles. The molecule has 160 valence electrons. The van der Waals surface area contributed by atoms with Crippen molar-refractivity contribution < 1.29 is 24.3 Å². The van der Waals surface area contributed by atoms with Gasteiger partial charge in [-0.05, 0) is 42.3 Å². The minimum absolute atomic E-state index is 0.0339. The lowest BCUT2D eigenvalue weighted by Gasteiger charge is -2.27. The third-order valence-corrected chi connectivity index (χ3v) is 6.05. The van der Waals surface area contributed by atoms with Crippen LogP contribution in [-0.4, -0.2) is 58.9 Å². The number of aliphatic carboxylic acids is 1. The Morgan fingerprint density at radius 2 is 1.68 bits per heavy atom. The minimum atomic E-state index is -1.99. The quantitative estimate of drug-likeness (QED) is 0.545. The highest BCUT2D eigenvalue weighted by Gasteiger charge is 2.67. The maximum Gasteiger partial charge on any atom is 0.328 e. The van der Waals surface area contributed by atoms with Crippen molar-refractivity contribution in [3.05, 3.63) is 63.6 Å². The summed E-state index contributed by atoms with van der Waals surface area (Å²) < 4.78 is 0. The van der Waals surface area contributed by atoms with Crippen LogP contribution in [0.3, 0.4) is 0 Å². The summed E-state index contributed by atoms with van der Waals surface area (Å²) in [4.78, 5) is 54.4. The van der Waals surface area contributed by atoms with Gasteiger partial charge in [-0.2, -0.15) is 0 Å². The van der Waals surface area contributed by atoms with Crippen molar-refractivity contribution in [1.82, 2.24) is 9.80 Å². The number of carboxylic acids is 1. The molecular weight excluding hydrogens is 445 g/mol. The minimum Gasteiger partial charge on any atom is -0.480 e. The molecule has 10 heteroatoms. The van der Waals surface area contributed by atoms with Crippen molar-refractivity contribution in [2.75, 3.05) is 25.0 Å². The zero-order chi connectivity index (χ0) is 22.5. The average molecular weight is 462 g/mol. The number of likely N-dealkylation sites (N-methyl/N-ethyl adjacent to an activating group) is 1. The second kappa shape index (κ2) is 7.55. The number of carboxylic acid groups (broad SMARTS) is 1. The van der Waals surface area contributed by atoms with Gasteiger partial charge in [0.15, 0.2) is 0 Å². The number of benzene rings is 2. The SMILES string of the molecule is CN1C(=O)N(CCc2cccc(Cl)c2)C(=O)C12C(=O)N(CC(=O)O)c1ccc(Cl)cc12. The molecule has 0 saturated carbocycles. The summed E-state index contributed by atoms with van der Waals surface area (Å²) in [6.07, 6.45) is 0.345. The lowest BCUT2D eigenvalue weighted by molar-refractivity contribution is -0.143. The first-order valence-corrected chi connectivity index (χ1v) is 10.1. The number of imide groups is 1. The van der Waals surface area contributed by atoms with E-state index < -0.39 is 35.9 Å². The van der Waals surface area contributed by atoms with Crippen LogP contribution in [0.1, 0.15) is 11.1 Å². The Hall–Kier alpha value is -3.10. The monoisotopic (exact) mass is 461 g/mol. The van der Waals surface area contributed by atoms with Gasteiger partial charge in [0.05, 0.1) is 5.69 Å². The lowest BCUT2D eigenvalue weighted by Crippen LogP contribution is -2.53. The summed E-state index contributed by atoms with van der Waals surface area (Å²) in [7, 11) is 1.35. The largest absolute Gasteiger partial charge is 0.480 e. The second-order valence-corrected chi connectivity index (χ2v) is 8.21. The van der Waals surface area contributed by atoms with Gasteiger partial charge in [-0.1, -0.05) is 35.3 Å². The van der Waals surface area contributed by atoms with Crippen molar-refractivity contribution in [3.8, 4) is 0 Å². The molecule has 4 amide bonds. The molecule has 2 aromatic rings. The molecule has 0 radical (unpaired) electrons. The standard InChI is InChI=1S/C21H17Cl2N3O5/c1-24-20(31)25(8-7-12-3-2-4-13(22)9-12)18(29)21(24)15-10-14(23)5-6-16(15)26(19(21)30)11-17(27)28/h2-6,9-10H,7-8,11H2,1H3,(H,27,28). The van der Waals surface area contributed by atoms with Gasteiger partial charge in [0.2, 0.25) is 5.54 Å². The van der Waals surface area contributed by atoms with Gasteiger partial charge >= 0.3 is 12.0 Å². The van der Waals surface area contributed by atoms with Gasteiger partial charge in [0, 0.05) is 29.2 Å². The van der Waals surface area contributed by atoms with E-state index in [2.05, 4.69) is 0 Å². The van der Waals surface area contributed by atoms with E-state index in [4.69, 9.17) is 23.2 Å². The molecule has 1 saturated heterocycles. The van der Waals surface area contributed by atoms with Crippen LogP contribution < -0.4 is 4.90 Å². The van der Waals surface area contributed by atoms with Crippen molar-refractivity contribution in [3.63, 3.8) is 0 Å². The van der Waals surface area contributed by atoms with E-state index in [1.165, 1.54) is 25.2 Å². The molecule has 1 unspecified atom stereocenters. The van der Waals surface area contributed by atoms with E-state index in [0.29, 0.717) is 11.4 Å². The number of urea groups is 1. The molecule has 2 aromatic carbocycles. The topological polar surface area (TPSA) is 98.2 Å². The predicted octanol–water partition coefficient (Wildman–Crippen LogP) is 2.76. The molecule has 31 heavy (non-hydrogen) atoms. The molecule has 1 fully saturated rings. The molecule has 1 atom stereocenters. The molecule has 2 aliphatic heterocycles. The number of amides is 4. The molecule has 0 bridgehead atoms. The van der Waals surface area contributed by atoms with E-state index in [9.17, 15) is 24.3 Å². The summed E-state index contributed by atoms with van der Waals surface area (Å²) in [6.45, 7) is -0.612. The van der Waals surface area contributed by atoms with Gasteiger partial charge < -0.3 is 10.0 Å². The van der Waals surface area contributed by atoms with Gasteiger partial charge in [-0.25, -0.2) is 4.79 Å². The van der Waals surface area contributed by atoms with Gasteiger partial charge in [-0.15, -0.1) is 0 Å². The fourth-order valence-corrected chi connectivity index (χ4v) is 4.54. The molecule has 1 spiro atoms. The van der Waals surface area contributed by atoms with Crippen molar-refractivity contribution in [2.45, 2.75) is 12.0 Å². The number of rotatable bonds is 5. The molecule has 0 aromatic heterocycles. The molecular formula is C21H17Cl2N3O5. The number of halogens is 2. The number of nitrogens with zero attached hydrogens (tertiary/aromatic N) is 3. The van der Waals surface area contributed by atoms with Gasteiger partial charge in [0.1, 0.15) is 6.54 Å². The predicted molar refractivity (Wildman–Crippen MR) is 113 cm³/mol. The Morgan fingerprint density at radius 1 is 1.00 bits per heavy atom. The fraction of sp³-hybridized carbons (Fsp3) is 0.238. The number of carbonyl (C=O) groups is 4. The van der Waals surface area contributed by atoms with Crippen LogP contribution in [0.25, 0.3) is 0 Å². The molecule has 0 aliphatic carbocycles. The Bertz CT molecular complexity index is 1140. The van der Waals surface area contributed by atoms with Gasteiger partial charge in [0.25, 0.3) is 11.8 Å². The van der Waals surface area contributed by atoms with Crippen LogP contribution in [0.4, 0.5) is 10.5 Å². The van der Waals surface area contributed by atoms with Crippen LogP contribution in [-0.2, 0) is 26.3 Å². The molecule has 2 aliphatic rings. The third kappa shape index (κ3) is 3.14. The maximum absolute atomic E-state index is 13.6. The first kappa shape index (κ1) is 21.1. The first-order chi connectivity index (χ1) is 14.7. The molecule has 4 rings (SSSR count). The molecule has 1 N–H and O–H groups in total. The lowest BCUT2D eigenvalue weighted by atomic mass is 9.90. The Kier molecular flexibility index (Phi) is 5.15. The van der Waals surface area contributed by atoms with Crippen LogP contribution >= 0.6 is 23.2 Å². The number of carbonyl (C=O) groups excluding carboxylic acids is 3. The Morgan fingerprint density at radius 3 is 2.35 bits per heavy atom. The number of anilines is 1. The van der Waals surface area contributed by atoms with Crippen LogP contribution in [0, 0.1) is 0 Å². The summed E-state index contributed by atoms with van der Waals surface area (Å²) in [6, 6.07) is 10.8. The van der Waals surface area contributed by atoms with E-state index in [-0.39, 0.29) is 22.8 Å². The van der Waals surface area contributed by atoms with Crippen molar-refractivity contribution >= 4 is 52.7 Å². The second-order valence-electron chi connectivity index (χ2n) is 7.34. The third-order valence-electron chi connectivity index (χ3n) is 5.58. The number of hydrogen-bond acceptors (Lipinski definition) is 4. The normalized spacial score (nSPS) is 20.2. The Balaban J connectivity index is 1.74. The van der Waals surface area contributed by atoms with Crippen LogP contribution in [0.15, 0.2) is 42.5 Å². The summed E-state index contributed by atoms with van der Waals surface area (Å²) >= 11 is 12.1. The average Bonchev–Trinajstić information content (AvgIpc) is 3.05. The van der Waals surface area contributed by atoms with E-state index in [0.717, 1.165) is 20.3 Å². The van der Waals surface area contributed by atoms with Crippen molar-refractivity contribution in [1.29, 1.82) is 0 Å². The number of hydrogen-bond donors (Lipinski definition) is 1. The highest BCUT2D eigenvalue weighted by Crippen LogP contribution is 2.48. The number of fused-ring (bicyclic) bond motifs is 2. The zero-order valence-corrected chi connectivity index (χ0v) is 17.9. The van der Waals surface area contributed by atoms with E-state index >= 15 is 0 Å². The zero-order valence-electron chi connectivity index (χ0n) is 16.3. The van der Waals surface area contributed by atoms with E-state index in [1.54, 1.807) is 18.2 Å². The van der Waals surface area contributed by atoms with Crippen molar-refractivity contribution in [2.24, 2.45) is 0 Å². The summed E-state index contributed by atoms with van der Waals surface area (Å²) in [5.74, 6) is -2.77. The van der Waals surface area contributed by atoms with Crippen LogP contribution in [0.5, 0.6) is 0 Å². The first-order valence-electron chi connectivity index (χ1n) is 9.36. The Labute approximate surface area is 187 Å². The maximum atomic E-state index is 13.6. The highest BCUT2D eigenvalue weighted by atomic mass is 35.5. The molecule has 8 nitrogen and oxygen atoms in total. The van der Waals surface area contributed by atoms with Crippen LogP contribution in [0.2, 0.25) is 10.0 Å². The fourth-order valence-electron chi connectivity index (χ4n) is 4.16.